The van der Waals surface area contributed by atoms with E-state index in [1.807, 2.05) is 0 Å². The number of aliphatic hydroxyl groups excluding tert-OH is 1. The Hall–Kier alpha value is -1.58. The molecule has 88 valence electrons. The van der Waals surface area contributed by atoms with Gasteiger partial charge >= 0.3 is 0 Å². The Balaban J connectivity index is 2.47. The van der Waals surface area contributed by atoms with Gasteiger partial charge in [-0.3, -0.25) is 0 Å². The standard InChI is InChI=1S/C13H11ClFNO/c14-11-4-2-1-3-9(11)13(17)10-7-8(15)5-6-12(10)16/h1-7,13,17H,16H2/t13-/m1/s1. The maximum atomic E-state index is 13.1. The Morgan fingerprint density at radius 2 is 1.82 bits per heavy atom. The number of hydrogen-bond acceptors (Lipinski definition) is 2. The molecule has 1 atom stereocenters. The normalized spacial score (nSPS) is 12.4. The van der Waals surface area contributed by atoms with Crippen LogP contribution in [0, 0.1) is 5.82 Å². The molecule has 3 N–H and O–H groups in total. The van der Waals surface area contributed by atoms with Gasteiger partial charge in [0.2, 0.25) is 0 Å². The van der Waals surface area contributed by atoms with Crippen LogP contribution in [0.15, 0.2) is 42.5 Å². The van der Waals surface area contributed by atoms with Crippen molar-refractivity contribution in [3.8, 4) is 0 Å². The quantitative estimate of drug-likeness (QED) is 0.806. The number of aliphatic hydroxyl groups is 1. The Morgan fingerprint density at radius 1 is 1.12 bits per heavy atom. The summed E-state index contributed by atoms with van der Waals surface area (Å²) in [6.45, 7) is 0. The number of nitrogen functional groups attached to an aromatic ring is 1. The minimum Gasteiger partial charge on any atom is -0.398 e. The van der Waals surface area contributed by atoms with Crippen LogP contribution in [0.5, 0.6) is 0 Å². The van der Waals surface area contributed by atoms with E-state index in [-0.39, 0.29) is 0 Å². The van der Waals surface area contributed by atoms with Crippen molar-refractivity contribution in [1.29, 1.82) is 0 Å². The first kappa shape index (κ1) is 11.9. The molecule has 4 heteroatoms. The minimum absolute atomic E-state index is 0.318. The van der Waals surface area contributed by atoms with E-state index in [4.69, 9.17) is 17.3 Å². The number of rotatable bonds is 2. The molecule has 0 amide bonds. The number of benzene rings is 2. The van der Waals surface area contributed by atoms with Gasteiger partial charge in [-0.1, -0.05) is 29.8 Å². The Labute approximate surface area is 103 Å². The fourth-order valence-electron chi connectivity index (χ4n) is 1.65. The molecule has 0 saturated carbocycles. The maximum Gasteiger partial charge on any atom is 0.123 e. The lowest BCUT2D eigenvalue weighted by molar-refractivity contribution is 0.220. The summed E-state index contributed by atoms with van der Waals surface area (Å²) in [6, 6.07) is 10.7. The van der Waals surface area contributed by atoms with E-state index in [0.717, 1.165) is 0 Å². The topological polar surface area (TPSA) is 46.2 Å². The van der Waals surface area contributed by atoms with Gasteiger partial charge in [0, 0.05) is 21.8 Å². The van der Waals surface area contributed by atoms with Crippen molar-refractivity contribution in [2.75, 3.05) is 5.73 Å². The van der Waals surface area contributed by atoms with Crippen molar-refractivity contribution in [2.24, 2.45) is 0 Å². The molecule has 0 aromatic heterocycles. The van der Waals surface area contributed by atoms with Gasteiger partial charge in [0.25, 0.3) is 0 Å². The summed E-state index contributed by atoms with van der Waals surface area (Å²) in [7, 11) is 0. The third-order valence-corrected chi connectivity index (χ3v) is 2.89. The van der Waals surface area contributed by atoms with Crippen LogP contribution in [-0.2, 0) is 0 Å². The number of nitrogens with two attached hydrogens (primary N) is 1. The molecule has 2 rings (SSSR count). The first-order chi connectivity index (χ1) is 8.09. The van der Waals surface area contributed by atoms with Crippen LogP contribution in [0.1, 0.15) is 17.2 Å². The Kier molecular flexibility index (Phi) is 3.31. The van der Waals surface area contributed by atoms with Crippen molar-refractivity contribution in [3.05, 3.63) is 64.4 Å². The van der Waals surface area contributed by atoms with Gasteiger partial charge in [-0.15, -0.1) is 0 Å². The Bertz CT molecular complexity index is 545. The highest BCUT2D eigenvalue weighted by atomic mass is 35.5. The SMILES string of the molecule is Nc1ccc(F)cc1[C@H](O)c1ccccc1Cl. The summed E-state index contributed by atoms with van der Waals surface area (Å²) in [4.78, 5) is 0. The molecular formula is C13H11ClFNO. The summed E-state index contributed by atoms with van der Waals surface area (Å²) >= 11 is 5.97. The van der Waals surface area contributed by atoms with Crippen molar-refractivity contribution < 1.29 is 9.50 Å². The van der Waals surface area contributed by atoms with Crippen LogP contribution in [-0.4, -0.2) is 5.11 Å². The van der Waals surface area contributed by atoms with Gasteiger partial charge in [0.15, 0.2) is 0 Å². The van der Waals surface area contributed by atoms with Crippen LogP contribution in [0.2, 0.25) is 5.02 Å². The molecule has 0 spiro atoms. The molecule has 0 fully saturated rings. The van der Waals surface area contributed by atoms with E-state index in [0.29, 0.717) is 21.8 Å². The average molecular weight is 252 g/mol. The molecule has 2 nitrogen and oxygen atoms in total. The lowest BCUT2D eigenvalue weighted by Crippen LogP contribution is -2.05. The predicted molar refractivity (Wildman–Crippen MR) is 66.3 cm³/mol. The number of halogens is 2. The van der Waals surface area contributed by atoms with Crippen molar-refractivity contribution in [3.63, 3.8) is 0 Å². The minimum atomic E-state index is -1.03. The van der Waals surface area contributed by atoms with Gasteiger partial charge in [-0.05, 0) is 24.3 Å². The van der Waals surface area contributed by atoms with Gasteiger partial charge in [-0.25, -0.2) is 4.39 Å². The van der Waals surface area contributed by atoms with Gasteiger partial charge in [0.1, 0.15) is 11.9 Å². The fraction of sp³-hybridized carbons (Fsp3) is 0.0769. The van der Waals surface area contributed by atoms with Gasteiger partial charge in [-0.2, -0.15) is 0 Å². The van der Waals surface area contributed by atoms with Crippen LogP contribution < -0.4 is 5.73 Å². The van der Waals surface area contributed by atoms with Crippen molar-refractivity contribution in [1.82, 2.24) is 0 Å². The van der Waals surface area contributed by atoms with E-state index in [1.54, 1.807) is 24.3 Å². The highest BCUT2D eigenvalue weighted by Gasteiger charge is 2.16. The zero-order chi connectivity index (χ0) is 12.4. The number of hydrogen-bond donors (Lipinski definition) is 2. The van der Waals surface area contributed by atoms with E-state index in [1.165, 1.54) is 18.2 Å². The first-order valence-corrected chi connectivity index (χ1v) is 5.45. The van der Waals surface area contributed by atoms with Crippen molar-refractivity contribution in [2.45, 2.75) is 6.10 Å². The van der Waals surface area contributed by atoms with Crippen LogP contribution in [0.25, 0.3) is 0 Å². The zero-order valence-corrected chi connectivity index (χ0v) is 9.66. The highest BCUT2D eigenvalue weighted by molar-refractivity contribution is 6.31. The largest absolute Gasteiger partial charge is 0.398 e. The fourth-order valence-corrected chi connectivity index (χ4v) is 1.89. The van der Waals surface area contributed by atoms with E-state index in [9.17, 15) is 9.50 Å². The zero-order valence-electron chi connectivity index (χ0n) is 8.90. The molecule has 0 aliphatic carbocycles. The van der Waals surface area contributed by atoms with E-state index < -0.39 is 11.9 Å². The molecule has 2 aromatic carbocycles. The van der Waals surface area contributed by atoms with Crippen LogP contribution in [0.3, 0.4) is 0 Å². The van der Waals surface area contributed by atoms with E-state index >= 15 is 0 Å². The summed E-state index contributed by atoms with van der Waals surface area (Å²) in [6.07, 6.45) is -1.03. The first-order valence-electron chi connectivity index (χ1n) is 5.07. The molecule has 0 aliphatic heterocycles. The number of anilines is 1. The molecule has 2 aromatic rings. The van der Waals surface area contributed by atoms with Crippen LogP contribution >= 0.6 is 11.6 Å². The summed E-state index contributed by atoms with van der Waals surface area (Å²) in [5.74, 6) is -0.444. The second kappa shape index (κ2) is 4.73. The third kappa shape index (κ3) is 2.40. The third-order valence-electron chi connectivity index (χ3n) is 2.54. The maximum absolute atomic E-state index is 13.1. The molecule has 0 unspecified atom stereocenters. The van der Waals surface area contributed by atoms with Gasteiger partial charge in [0.05, 0.1) is 0 Å². The summed E-state index contributed by atoms with van der Waals surface area (Å²) in [5, 5.41) is 10.6. The summed E-state index contributed by atoms with van der Waals surface area (Å²) in [5.41, 5.74) is 6.86. The second-order valence-corrected chi connectivity index (χ2v) is 4.10. The molecule has 0 bridgehead atoms. The smallest absolute Gasteiger partial charge is 0.123 e. The van der Waals surface area contributed by atoms with Crippen LogP contribution in [0.4, 0.5) is 10.1 Å². The molecule has 0 saturated heterocycles. The molecule has 0 aliphatic rings. The molecule has 17 heavy (non-hydrogen) atoms. The highest BCUT2D eigenvalue weighted by Crippen LogP contribution is 2.31. The monoisotopic (exact) mass is 251 g/mol. The van der Waals surface area contributed by atoms with Gasteiger partial charge < -0.3 is 10.8 Å². The van der Waals surface area contributed by atoms with E-state index in [2.05, 4.69) is 0 Å². The lowest BCUT2D eigenvalue weighted by atomic mass is 10.00. The molecular weight excluding hydrogens is 241 g/mol. The molecule has 0 heterocycles. The molecule has 0 radical (unpaired) electrons. The second-order valence-electron chi connectivity index (χ2n) is 3.70. The summed E-state index contributed by atoms with van der Waals surface area (Å²) < 4.78 is 13.1. The average Bonchev–Trinajstić information content (AvgIpc) is 2.32. The lowest BCUT2D eigenvalue weighted by Gasteiger charge is -2.15. The van der Waals surface area contributed by atoms with Crippen molar-refractivity contribution >= 4 is 17.3 Å². The predicted octanol–water partition coefficient (Wildman–Crippen LogP) is 3.14. The Morgan fingerprint density at radius 3 is 2.53 bits per heavy atom.